The topological polar surface area (TPSA) is 47.6 Å². The van der Waals surface area contributed by atoms with Gasteiger partial charge in [-0.2, -0.15) is 0 Å². The van der Waals surface area contributed by atoms with Gasteiger partial charge < -0.3 is 14.8 Å². The van der Waals surface area contributed by atoms with E-state index in [2.05, 4.69) is 21.2 Å². The van der Waals surface area contributed by atoms with Gasteiger partial charge in [-0.15, -0.1) is 0 Å². The number of rotatable bonds is 3. The molecule has 1 aliphatic heterocycles. The van der Waals surface area contributed by atoms with Crippen LogP contribution in [-0.2, 0) is 11.2 Å². The third-order valence-electron chi connectivity index (χ3n) is 3.21. The SMILES string of the molecule is O=C(Cc1ccccc1F)Nc1cc2c(cc1Br)OCCO2. The second-order valence-corrected chi connectivity index (χ2v) is 5.65. The van der Waals surface area contributed by atoms with Crippen LogP contribution in [0.15, 0.2) is 40.9 Å². The molecule has 1 heterocycles. The van der Waals surface area contributed by atoms with Crippen LogP contribution in [0.2, 0.25) is 0 Å². The molecule has 1 amide bonds. The fourth-order valence-corrected chi connectivity index (χ4v) is 2.59. The molecule has 0 atom stereocenters. The highest BCUT2D eigenvalue weighted by molar-refractivity contribution is 9.10. The molecule has 2 aromatic rings. The molecule has 0 aliphatic carbocycles. The van der Waals surface area contributed by atoms with E-state index >= 15 is 0 Å². The minimum Gasteiger partial charge on any atom is -0.486 e. The summed E-state index contributed by atoms with van der Waals surface area (Å²) < 4.78 is 25.2. The number of hydrogen-bond donors (Lipinski definition) is 1. The van der Waals surface area contributed by atoms with Crippen molar-refractivity contribution in [3.05, 3.63) is 52.3 Å². The Morgan fingerprint density at radius 1 is 1.18 bits per heavy atom. The first kappa shape index (κ1) is 14.8. The van der Waals surface area contributed by atoms with Gasteiger partial charge in [-0.3, -0.25) is 4.79 Å². The van der Waals surface area contributed by atoms with E-state index < -0.39 is 0 Å². The first-order valence-corrected chi connectivity index (χ1v) is 7.55. The minimum absolute atomic E-state index is 0.0342. The van der Waals surface area contributed by atoms with Gasteiger partial charge in [-0.1, -0.05) is 18.2 Å². The predicted molar refractivity (Wildman–Crippen MR) is 83.9 cm³/mol. The van der Waals surface area contributed by atoms with Gasteiger partial charge in [0.25, 0.3) is 0 Å². The van der Waals surface area contributed by atoms with Crippen molar-refractivity contribution in [1.82, 2.24) is 0 Å². The highest BCUT2D eigenvalue weighted by atomic mass is 79.9. The molecule has 0 radical (unpaired) electrons. The molecule has 0 spiro atoms. The van der Waals surface area contributed by atoms with E-state index in [9.17, 15) is 9.18 Å². The molecule has 22 heavy (non-hydrogen) atoms. The zero-order valence-electron chi connectivity index (χ0n) is 11.6. The lowest BCUT2D eigenvalue weighted by Gasteiger charge is -2.20. The Hall–Kier alpha value is -2.08. The van der Waals surface area contributed by atoms with E-state index in [1.54, 1.807) is 30.3 Å². The first-order chi connectivity index (χ1) is 10.6. The third-order valence-corrected chi connectivity index (χ3v) is 3.87. The summed E-state index contributed by atoms with van der Waals surface area (Å²) in [4.78, 5) is 12.1. The Labute approximate surface area is 135 Å². The normalized spacial score (nSPS) is 12.8. The molecule has 0 fully saturated rings. The third kappa shape index (κ3) is 3.22. The first-order valence-electron chi connectivity index (χ1n) is 6.76. The fourth-order valence-electron chi connectivity index (χ4n) is 2.17. The van der Waals surface area contributed by atoms with E-state index in [0.29, 0.717) is 40.4 Å². The number of carbonyl (C=O) groups excluding carboxylic acids is 1. The van der Waals surface area contributed by atoms with E-state index in [1.165, 1.54) is 6.07 Å². The smallest absolute Gasteiger partial charge is 0.228 e. The number of anilines is 1. The van der Waals surface area contributed by atoms with E-state index in [0.717, 1.165) is 0 Å². The number of fused-ring (bicyclic) bond motifs is 1. The van der Waals surface area contributed by atoms with E-state index in [1.807, 2.05) is 0 Å². The number of halogens is 2. The lowest BCUT2D eigenvalue weighted by Crippen LogP contribution is -2.18. The Balaban J connectivity index is 1.75. The number of nitrogens with one attached hydrogen (secondary N) is 1. The fraction of sp³-hybridized carbons (Fsp3) is 0.188. The molecule has 1 N–H and O–H groups in total. The van der Waals surface area contributed by atoms with Crippen LogP contribution in [0.25, 0.3) is 0 Å². The van der Waals surface area contributed by atoms with Crippen LogP contribution < -0.4 is 14.8 Å². The summed E-state index contributed by atoms with van der Waals surface area (Å²) in [7, 11) is 0. The maximum absolute atomic E-state index is 13.6. The molecule has 1 aliphatic rings. The highest BCUT2D eigenvalue weighted by Crippen LogP contribution is 2.38. The number of ether oxygens (including phenoxy) is 2. The Morgan fingerprint density at radius 2 is 1.86 bits per heavy atom. The lowest BCUT2D eigenvalue weighted by atomic mass is 10.1. The van der Waals surface area contributed by atoms with Gasteiger partial charge in [-0.25, -0.2) is 4.39 Å². The Kier molecular flexibility index (Phi) is 4.29. The maximum Gasteiger partial charge on any atom is 0.228 e. The standard InChI is InChI=1S/C16H13BrFNO3/c17-11-8-14-15(22-6-5-21-14)9-13(11)19-16(20)7-10-3-1-2-4-12(10)18/h1-4,8-9H,5-7H2,(H,19,20). The average molecular weight is 366 g/mol. The summed E-state index contributed by atoms with van der Waals surface area (Å²) in [6.45, 7) is 0.968. The van der Waals surface area contributed by atoms with Crippen LogP contribution in [0.5, 0.6) is 11.5 Å². The predicted octanol–water partition coefficient (Wildman–Crippen LogP) is 3.54. The van der Waals surface area contributed by atoms with Crippen molar-refractivity contribution >= 4 is 27.5 Å². The van der Waals surface area contributed by atoms with E-state index in [4.69, 9.17) is 9.47 Å². The zero-order chi connectivity index (χ0) is 15.5. The summed E-state index contributed by atoms with van der Waals surface area (Å²) in [5, 5.41) is 2.75. The van der Waals surface area contributed by atoms with Crippen molar-refractivity contribution in [3.8, 4) is 11.5 Å². The van der Waals surface area contributed by atoms with Crippen LogP contribution in [0, 0.1) is 5.82 Å². The average Bonchev–Trinajstić information content (AvgIpc) is 2.50. The lowest BCUT2D eigenvalue weighted by molar-refractivity contribution is -0.115. The Bertz CT molecular complexity index is 721. The minimum atomic E-state index is -0.390. The molecular weight excluding hydrogens is 353 g/mol. The summed E-state index contributed by atoms with van der Waals surface area (Å²) in [6, 6.07) is 9.65. The van der Waals surface area contributed by atoms with Gasteiger partial charge in [0.05, 0.1) is 12.1 Å². The zero-order valence-corrected chi connectivity index (χ0v) is 13.2. The van der Waals surface area contributed by atoms with Crippen LogP contribution in [0.4, 0.5) is 10.1 Å². The molecule has 0 saturated heterocycles. The number of hydrogen-bond acceptors (Lipinski definition) is 3. The molecule has 6 heteroatoms. The van der Waals surface area contributed by atoms with Gasteiger partial charge in [0, 0.05) is 16.6 Å². The maximum atomic E-state index is 13.6. The van der Waals surface area contributed by atoms with Gasteiger partial charge in [0.2, 0.25) is 5.91 Å². The molecule has 3 rings (SSSR count). The number of benzene rings is 2. The highest BCUT2D eigenvalue weighted by Gasteiger charge is 2.16. The monoisotopic (exact) mass is 365 g/mol. The number of amides is 1. The van der Waals surface area contributed by atoms with Gasteiger partial charge in [0.15, 0.2) is 11.5 Å². The largest absolute Gasteiger partial charge is 0.486 e. The second kappa shape index (κ2) is 6.36. The van der Waals surface area contributed by atoms with Gasteiger partial charge >= 0.3 is 0 Å². The molecule has 0 unspecified atom stereocenters. The van der Waals surface area contributed by atoms with Crippen LogP contribution >= 0.6 is 15.9 Å². The van der Waals surface area contributed by atoms with Crippen molar-refractivity contribution in [1.29, 1.82) is 0 Å². The summed E-state index contributed by atoms with van der Waals surface area (Å²) in [5.74, 6) is 0.516. The molecule has 114 valence electrons. The van der Waals surface area contributed by atoms with Crippen molar-refractivity contribution in [2.75, 3.05) is 18.5 Å². The summed E-state index contributed by atoms with van der Waals surface area (Å²) in [6.07, 6.45) is -0.0342. The van der Waals surface area contributed by atoms with E-state index in [-0.39, 0.29) is 18.1 Å². The number of carbonyl (C=O) groups is 1. The van der Waals surface area contributed by atoms with Crippen molar-refractivity contribution < 1.29 is 18.7 Å². The van der Waals surface area contributed by atoms with Crippen LogP contribution in [0.3, 0.4) is 0 Å². The van der Waals surface area contributed by atoms with Crippen molar-refractivity contribution in [2.45, 2.75) is 6.42 Å². The molecule has 0 aromatic heterocycles. The molecule has 2 aromatic carbocycles. The van der Waals surface area contributed by atoms with Gasteiger partial charge in [0.1, 0.15) is 19.0 Å². The molecule has 0 saturated carbocycles. The molecule has 0 bridgehead atoms. The van der Waals surface area contributed by atoms with Crippen LogP contribution in [-0.4, -0.2) is 19.1 Å². The molecule has 4 nitrogen and oxygen atoms in total. The van der Waals surface area contributed by atoms with Gasteiger partial charge in [-0.05, 0) is 27.6 Å². The second-order valence-electron chi connectivity index (χ2n) is 4.79. The summed E-state index contributed by atoms with van der Waals surface area (Å²) >= 11 is 3.38. The van der Waals surface area contributed by atoms with Crippen molar-refractivity contribution in [3.63, 3.8) is 0 Å². The quantitative estimate of drug-likeness (QED) is 0.904. The van der Waals surface area contributed by atoms with Crippen molar-refractivity contribution in [2.24, 2.45) is 0 Å². The summed E-state index contributed by atoms with van der Waals surface area (Å²) in [5.41, 5.74) is 0.916. The Morgan fingerprint density at radius 3 is 2.59 bits per heavy atom. The molecular formula is C16H13BrFNO3. The van der Waals surface area contributed by atoms with Crippen LogP contribution in [0.1, 0.15) is 5.56 Å².